The summed E-state index contributed by atoms with van der Waals surface area (Å²) in [6, 6.07) is 14.3. The summed E-state index contributed by atoms with van der Waals surface area (Å²) in [6.07, 6.45) is 6.68. The van der Waals surface area contributed by atoms with Gasteiger partial charge in [-0.15, -0.1) is 0 Å². The van der Waals surface area contributed by atoms with E-state index in [2.05, 4.69) is 10.6 Å². The number of ether oxygens (including phenoxy) is 1. The lowest BCUT2D eigenvalue weighted by Crippen LogP contribution is -3.15. The maximum Gasteiger partial charge on any atom is 0.279 e. The van der Waals surface area contributed by atoms with Crippen molar-refractivity contribution in [2.24, 2.45) is 11.8 Å². The summed E-state index contributed by atoms with van der Waals surface area (Å²) < 4.78 is 5.27. The topological polar surface area (TPSA) is 71.9 Å². The number of carbonyl (C=O) groups excluding carboxylic acids is 2. The van der Waals surface area contributed by atoms with Gasteiger partial charge >= 0.3 is 0 Å². The summed E-state index contributed by atoms with van der Waals surface area (Å²) >= 11 is 0. The fourth-order valence-corrected chi connectivity index (χ4v) is 5.04. The number of hydrogen-bond acceptors (Lipinski definition) is 3. The minimum Gasteiger partial charge on any atom is -0.495 e. The van der Waals surface area contributed by atoms with Crippen molar-refractivity contribution in [2.45, 2.75) is 32.1 Å². The number of quaternary nitrogens is 1. The number of likely N-dealkylation sites (tertiary alicyclic amines) is 1. The summed E-state index contributed by atoms with van der Waals surface area (Å²) in [5, 5.41) is 5.84. The van der Waals surface area contributed by atoms with Gasteiger partial charge in [0.2, 0.25) is 0 Å². The van der Waals surface area contributed by atoms with Crippen LogP contribution < -0.4 is 20.3 Å². The molecule has 2 aromatic rings. The molecule has 2 fully saturated rings. The third-order valence-electron chi connectivity index (χ3n) is 6.68. The highest BCUT2D eigenvalue weighted by molar-refractivity contribution is 6.05. The maximum absolute atomic E-state index is 12.5. The van der Waals surface area contributed by atoms with E-state index in [1.807, 2.05) is 12.1 Å². The molecule has 1 aliphatic carbocycles. The van der Waals surface area contributed by atoms with Crippen LogP contribution in [0, 0.1) is 11.8 Å². The molecule has 3 N–H and O–H groups in total. The summed E-state index contributed by atoms with van der Waals surface area (Å²) in [5.41, 5.74) is 1.86. The number of benzene rings is 2. The van der Waals surface area contributed by atoms with Crippen LogP contribution in [0.1, 0.15) is 42.5 Å². The molecule has 3 atom stereocenters. The Morgan fingerprint density at radius 2 is 1.71 bits per heavy atom. The van der Waals surface area contributed by atoms with Gasteiger partial charge in [-0.05, 0) is 61.6 Å². The first kappa shape index (κ1) is 21.4. The van der Waals surface area contributed by atoms with E-state index in [4.69, 9.17) is 4.74 Å². The Kier molecular flexibility index (Phi) is 6.87. The monoisotopic (exact) mass is 422 g/mol. The van der Waals surface area contributed by atoms with Gasteiger partial charge in [-0.2, -0.15) is 0 Å². The molecule has 31 heavy (non-hydrogen) atoms. The molecule has 0 bridgehead atoms. The van der Waals surface area contributed by atoms with Crippen LogP contribution in [0.4, 0.5) is 11.4 Å². The Morgan fingerprint density at radius 3 is 2.48 bits per heavy atom. The minimum atomic E-state index is -0.220. The molecule has 4 rings (SSSR count). The summed E-state index contributed by atoms with van der Waals surface area (Å²) in [4.78, 5) is 26.5. The van der Waals surface area contributed by atoms with Crippen molar-refractivity contribution in [3.8, 4) is 5.75 Å². The van der Waals surface area contributed by atoms with E-state index in [1.165, 1.54) is 37.0 Å². The van der Waals surface area contributed by atoms with E-state index < -0.39 is 0 Å². The van der Waals surface area contributed by atoms with Crippen LogP contribution >= 0.6 is 0 Å². The van der Waals surface area contributed by atoms with Gasteiger partial charge in [-0.25, -0.2) is 0 Å². The van der Waals surface area contributed by atoms with Crippen LogP contribution in [-0.2, 0) is 4.79 Å². The van der Waals surface area contributed by atoms with Crippen LogP contribution in [0.25, 0.3) is 0 Å². The fraction of sp³-hybridized carbons (Fsp3) is 0.440. The van der Waals surface area contributed by atoms with E-state index in [-0.39, 0.29) is 11.8 Å². The normalized spacial score (nSPS) is 22.8. The first-order chi connectivity index (χ1) is 15.1. The predicted octanol–water partition coefficient (Wildman–Crippen LogP) is 2.98. The number of nitrogens with one attached hydrogen (secondary N) is 3. The molecule has 1 saturated heterocycles. The standard InChI is InChI=1S/C25H31N3O3/c1-31-23-9-5-4-8-22(23)27-25(30)19-10-12-21(13-11-19)26-24(29)17-28-15-14-18-6-2-3-7-20(18)16-28/h4-5,8-13,18,20H,2-3,6-7,14-17H2,1H3,(H,26,29)(H,27,30)/p+1/t18-,20-/m1/s1. The molecular weight excluding hydrogens is 390 g/mol. The van der Waals surface area contributed by atoms with Crippen molar-refractivity contribution in [1.29, 1.82) is 0 Å². The number of amides is 2. The first-order valence-corrected chi connectivity index (χ1v) is 11.3. The smallest absolute Gasteiger partial charge is 0.279 e. The van der Waals surface area contributed by atoms with Gasteiger partial charge in [0.15, 0.2) is 6.54 Å². The van der Waals surface area contributed by atoms with Crippen molar-refractivity contribution in [3.63, 3.8) is 0 Å². The van der Waals surface area contributed by atoms with E-state index in [0.29, 0.717) is 29.2 Å². The van der Waals surface area contributed by atoms with Crippen LogP contribution in [0.5, 0.6) is 5.75 Å². The molecule has 6 nitrogen and oxygen atoms in total. The molecule has 1 heterocycles. The van der Waals surface area contributed by atoms with Crippen molar-refractivity contribution in [1.82, 2.24) is 0 Å². The molecule has 2 amide bonds. The Labute approximate surface area is 184 Å². The van der Waals surface area contributed by atoms with Gasteiger partial charge < -0.3 is 20.3 Å². The highest BCUT2D eigenvalue weighted by atomic mass is 16.5. The predicted molar refractivity (Wildman–Crippen MR) is 122 cm³/mol. The zero-order valence-corrected chi connectivity index (χ0v) is 18.2. The van der Waals surface area contributed by atoms with Gasteiger partial charge in [0, 0.05) is 17.2 Å². The quantitative estimate of drug-likeness (QED) is 0.670. The van der Waals surface area contributed by atoms with Gasteiger partial charge in [-0.3, -0.25) is 9.59 Å². The number of anilines is 2. The summed E-state index contributed by atoms with van der Waals surface area (Å²) in [7, 11) is 1.57. The lowest BCUT2D eigenvalue weighted by molar-refractivity contribution is -0.902. The average Bonchev–Trinajstić information content (AvgIpc) is 2.79. The lowest BCUT2D eigenvalue weighted by atomic mass is 9.75. The molecule has 0 radical (unpaired) electrons. The number of hydrogen-bond donors (Lipinski definition) is 3. The van der Waals surface area contributed by atoms with Gasteiger partial charge in [0.1, 0.15) is 5.75 Å². The molecule has 1 saturated carbocycles. The Bertz CT molecular complexity index is 912. The molecular formula is C25H32N3O3+. The summed E-state index contributed by atoms with van der Waals surface area (Å²) in [6.45, 7) is 2.73. The molecule has 0 aromatic heterocycles. The highest BCUT2D eigenvalue weighted by Crippen LogP contribution is 2.32. The zero-order chi connectivity index (χ0) is 21.6. The van der Waals surface area contributed by atoms with E-state index in [0.717, 1.165) is 24.9 Å². The van der Waals surface area contributed by atoms with Gasteiger partial charge in [0.05, 0.1) is 25.9 Å². The third-order valence-corrected chi connectivity index (χ3v) is 6.68. The Balaban J connectivity index is 1.29. The lowest BCUT2D eigenvalue weighted by Gasteiger charge is -2.38. The van der Waals surface area contributed by atoms with Crippen LogP contribution in [0.3, 0.4) is 0 Å². The van der Waals surface area contributed by atoms with Crippen molar-refractivity contribution < 1.29 is 19.2 Å². The Morgan fingerprint density at radius 1 is 0.968 bits per heavy atom. The number of carbonyl (C=O) groups is 2. The zero-order valence-electron chi connectivity index (χ0n) is 18.2. The molecule has 0 spiro atoms. The average molecular weight is 423 g/mol. The molecule has 2 aromatic carbocycles. The number of para-hydroxylation sites is 2. The van der Waals surface area contributed by atoms with Crippen LogP contribution in [-0.4, -0.2) is 38.6 Å². The second kappa shape index (κ2) is 9.96. The van der Waals surface area contributed by atoms with E-state index >= 15 is 0 Å². The number of fused-ring (bicyclic) bond motifs is 1. The van der Waals surface area contributed by atoms with Crippen molar-refractivity contribution >= 4 is 23.2 Å². The molecule has 1 unspecified atom stereocenters. The molecule has 164 valence electrons. The highest BCUT2D eigenvalue weighted by Gasteiger charge is 2.34. The first-order valence-electron chi connectivity index (χ1n) is 11.3. The second-order valence-electron chi connectivity index (χ2n) is 8.75. The fourth-order valence-electron chi connectivity index (χ4n) is 5.04. The molecule has 1 aliphatic heterocycles. The van der Waals surface area contributed by atoms with Crippen LogP contribution in [0.15, 0.2) is 48.5 Å². The SMILES string of the molecule is COc1ccccc1NC(=O)c1ccc(NC(=O)C[NH+]2CC[C@H]3CCCC[C@@H]3C2)cc1. The second-order valence-corrected chi connectivity index (χ2v) is 8.75. The number of methoxy groups -OCH3 is 1. The number of rotatable bonds is 6. The maximum atomic E-state index is 12.5. The number of piperidine rings is 1. The van der Waals surface area contributed by atoms with E-state index in [1.54, 1.807) is 43.5 Å². The summed E-state index contributed by atoms with van der Waals surface area (Å²) in [5.74, 6) is 2.11. The molecule has 2 aliphatic rings. The minimum absolute atomic E-state index is 0.0375. The van der Waals surface area contributed by atoms with Gasteiger partial charge in [0.25, 0.3) is 11.8 Å². The Hall–Kier alpha value is -2.86. The van der Waals surface area contributed by atoms with Crippen molar-refractivity contribution in [3.05, 3.63) is 54.1 Å². The van der Waals surface area contributed by atoms with Crippen molar-refractivity contribution in [2.75, 3.05) is 37.4 Å². The third kappa shape index (κ3) is 5.44. The van der Waals surface area contributed by atoms with Gasteiger partial charge in [-0.1, -0.05) is 25.0 Å². The molecule has 6 heteroatoms. The van der Waals surface area contributed by atoms with E-state index in [9.17, 15) is 9.59 Å². The van der Waals surface area contributed by atoms with Crippen LogP contribution in [0.2, 0.25) is 0 Å². The largest absolute Gasteiger partial charge is 0.495 e.